The Morgan fingerprint density at radius 3 is 2.41 bits per heavy atom. The van der Waals surface area contributed by atoms with Crippen molar-refractivity contribution in [3.63, 3.8) is 0 Å². The van der Waals surface area contributed by atoms with E-state index in [1.165, 1.54) is 19.5 Å². The normalized spacial score (nSPS) is 10.1. The molecule has 0 radical (unpaired) electrons. The molecule has 0 saturated heterocycles. The lowest BCUT2D eigenvalue weighted by molar-refractivity contribution is 0.102. The highest BCUT2D eigenvalue weighted by Crippen LogP contribution is 2.29. The van der Waals surface area contributed by atoms with Crippen LogP contribution in [-0.2, 0) is 6.54 Å². The van der Waals surface area contributed by atoms with E-state index in [1.54, 1.807) is 25.3 Å². The number of amides is 1. The summed E-state index contributed by atoms with van der Waals surface area (Å²) in [6, 6.07) is 15.1. The second kappa shape index (κ2) is 8.66. The number of benzene rings is 2. The lowest BCUT2D eigenvalue weighted by Gasteiger charge is -2.10. The number of aromatic nitrogens is 2. The third-order valence-corrected chi connectivity index (χ3v) is 3.84. The van der Waals surface area contributed by atoms with Gasteiger partial charge in [-0.25, -0.2) is 9.97 Å². The summed E-state index contributed by atoms with van der Waals surface area (Å²) in [5, 5.41) is 5.93. The van der Waals surface area contributed by atoms with E-state index < -0.39 is 0 Å². The number of hydrogen-bond donors (Lipinski definition) is 2. The van der Waals surface area contributed by atoms with E-state index >= 15 is 0 Å². The van der Waals surface area contributed by atoms with Crippen molar-refractivity contribution < 1.29 is 14.3 Å². The molecule has 0 bridgehead atoms. The van der Waals surface area contributed by atoms with Crippen LogP contribution in [0.1, 0.15) is 16.1 Å². The molecular weight excluding hydrogens is 344 g/mol. The predicted octanol–water partition coefficient (Wildman–Crippen LogP) is 3.36. The third kappa shape index (κ3) is 4.72. The molecule has 0 unspecified atom stereocenters. The van der Waals surface area contributed by atoms with Gasteiger partial charge in [0.1, 0.15) is 11.5 Å². The van der Waals surface area contributed by atoms with Crippen LogP contribution in [0.4, 0.5) is 11.5 Å². The Bertz CT molecular complexity index is 899. The van der Waals surface area contributed by atoms with E-state index in [4.69, 9.17) is 9.47 Å². The van der Waals surface area contributed by atoms with Gasteiger partial charge in [0.15, 0.2) is 11.5 Å². The number of anilines is 2. The first-order valence-electron chi connectivity index (χ1n) is 8.33. The predicted molar refractivity (Wildman–Crippen MR) is 103 cm³/mol. The molecule has 7 nitrogen and oxygen atoms in total. The first kappa shape index (κ1) is 18.2. The van der Waals surface area contributed by atoms with Crippen molar-refractivity contribution in [3.8, 4) is 11.5 Å². The molecule has 0 fully saturated rings. The molecule has 2 N–H and O–H groups in total. The standard InChI is InChI=1S/C20H20N4O3/c1-26-17-9-8-15(10-18(17)27-2)24-20(25)16-12-23-19(13-21-16)22-11-14-6-4-3-5-7-14/h3-10,12-13H,11H2,1-2H3,(H,22,23)(H,24,25). The summed E-state index contributed by atoms with van der Waals surface area (Å²) < 4.78 is 10.4. The van der Waals surface area contributed by atoms with Crippen molar-refractivity contribution in [2.45, 2.75) is 6.54 Å². The molecule has 0 aliphatic heterocycles. The van der Waals surface area contributed by atoms with Crippen LogP contribution in [0.15, 0.2) is 60.9 Å². The summed E-state index contributed by atoms with van der Waals surface area (Å²) >= 11 is 0. The zero-order valence-electron chi connectivity index (χ0n) is 15.1. The summed E-state index contributed by atoms with van der Waals surface area (Å²) in [5.74, 6) is 1.36. The minimum atomic E-state index is -0.357. The number of methoxy groups -OCH3 is 2. The van der Waals surface area contributed by atoms with Crippen LogP contribution in [0.3, 0.4) is 0 Å². The summed E-state index contributed by atoms with van der Waals surface area (Å²) in [4.78, 5) is 20.8. The molecular formula is C20H20N4O3. The number of nitrogens with one attached hydrogen (secondary N) is 2. The van der Waals surface area contributed by atoms with E-state index in [2.05, 4.69) is 20.6 Å². The highest BCUT2D eigenvalue weighted by Gasteiger charge is 2.11. The van der Waals surface area contributed by atoms with Gasteiger partial charge in [-0.2, -0.15) is 0 Å². The smallest absolute Gasteiger partial charge is 0.275 e. The molecule has 0 spiro atoms. The third-order valence-electron chi connectivity index (χ3n) is 3.84. The molecule has 3 aromatic rings. The van der Waals surface area contributed by atoms with Crippen molar-refractivity contribution in [1.29, 1.82) is 0 Å². The van der Waals surface area contributed by atoms with Crippen LogP contribution in [0.2, 0.25) is 0 Å². The Hall–Kier alpha value is -3.61. The van der Waals surface area contributed by atoms with Gasteiger partial charge in [0, 0.05) is 18.3 Å². The maximum Gasteiger partial charge on any atom is 0.275 e. The number of carbonyl (C=O) groups excluding carboxylic acids is 1. The molecule has 1 heterocycles. The molecule has 1 aromatic heterocycles. The van der Waals surface area contributed by atoms with Crippen LogP contribution < -0.4 is 20.1 Å². The van der Waals surface area contributed by atoms with Gasteiger partial charge in [-0.1, -0.05) is 30.3 Å². The van der Waals surface area contributed by atoms with E-state index in [9.17, 15) is 4.79 Å². The Labute approximate surface area is 157 Å². The minimum Gasteiger partial charge on any atom is -0.493 e. The molecule has 0 aliphatic rings. The molecule has 0 atom stereocenters. The monoisotopic (exact) mass is 364 g/mol. The fourth-order valence-corrected chi connectivity index (χ4v) is 2.43. The summed E-state index contributed by atoms with van der Waals surface area (Å²) in [6.07, 6.45) is 2.97. The Morgan fingerprint density at radius 1 is 0.963 bits per heavy atom. The molecule has 138 valence electrons. The molecule has 7 heteroatoms. The van der Waals surface area contributed by atoms with Crippen LogP contribution in [0, 0.1) is 0 Å². The fourth-order valence-electron chi connectivity index (χ4n) is 2.43. The highest BCUT2D eigenvalue weighted by atomic mass is 16.5. The second-order valence-corrected chi connectivity index (χ2v) is 5.65. The SMILES string of the molecule is COc1ccc(NC(=O)c2cnc(NCc3ccccc3)cn2)cc1OC. The van der Waals surface area contributed by atoms with Crippen molar-refractivity contribution in [2.24, 2.45) is 0 Å². The second-order valence-electron chi connectivity index (χ2n) is 5.65. The lowest BCUT2D eigenvalue weighted by atomic mass is 10.2. The van der Waals surface area contributed by atoms with Gasteiger partial charge in [-0.15, -0.1) is 0 Å². The van der Waals surface area contributed by atoms with Crippen molar-refractivity contribution in [3.05, 3.63) is 72.2 Å². The van der Waals surface area contributed by atoms with Gasteiger partial charge in [-0.05, 0) is 17.7 Å². The molecule has 27 heavy (non-hydrogen) atoms. The number of nitrogens with zero attached hydrogens (tertiary/aromatic N) is 2. The maximum atomic E-state index is 12.4. The van der Waals surface area contributed by atoms with Gasteiger partial charge in [-0.3, -0.25) is 4.79 Å². The van der Waals surface area contributed by atoms with Crippen molar-refractivity contribution in [1.82, 2.24) is 9.97 Å². The Morgan fingerprint density at radius 2 is 1.74 bits per heavy atom. The molecule has 2 aromatic carbocycles. The minimum absolute atomic E-state index is 0.218. The average molecular weight is 364 g/mol. The van der Waals surface area contributed by atoms with E-state index in [0.717, 1.165) is 5.56 Å². The Balaban J connectivity index is 1.62. The number of ether oxygens (including phenoxy) is 2. The van der Waals surface area contributed by atoms with Crippen LogP contribution in [0.5, 0.6) is 11.5 Å². The Kier molecular flexibility index (Phi) is 5.84. The summed E-state index contributed by atoms with van der Waals surface area (Å²) in [5.41, 5.74) is 1.93. The molecule has 0 aliphatic carbocycles. The topological polar surface area (TPSA) is 85.4 Å². The van der Waals surface area contributed by atoms with E-state index in [1.807, 2.05) is 30.3 Å². The first-order chi connectivity index (χ1) is 13.2. The number of rotatable bonds is 7. The highest BCUT2D eigenvalue weighted by molar-refractivity contribution is 6.02. The lowest BCUT2D eigenvalue weighted by Crippen LogP contribution is -2.14. The van der Waals surface area contributed by atoms with Gasteiger partial charge in [0.25, 0.3) is 5.91 Å². The van der Waals surface area contributed by atoms with Crippen molar-refractivity contribution in [2.75, 3.05) is 24.9 Å². The molecule has 3 rings (SSSR count). The van der Waals surface area contributed by atoms with Gasteiger partial charge < -0.3 is 20.1 Å². The van der Waals surface area contributed by atoms with Crippen LogP contribution in [0.25, 0.3) is 0 Å². The molecule has 0 saturated carbocycles. The number of carbonyl (C=O) groups is 1. The summed E-state index contributed by atoms with van der Waals surface area (Å²) in [7, 11) is 3.09. The van der Waals surface area contributed by atoms with Crippen LogP contribution >= 0.6 is 0 Å². The first-order valence-corrected chi connectivity index (χ1v) is 8.33. The largest absolute Gasteiger partial charge is 0.493 e. The van der Waals surface area contributed by atoms with Crippen LogP contribution in [-0.4, -0.2) is 30.1 Å². The van der Waals surface area contributed by atoms with Crippen molar-refractivity contribution >= 4 is 17.4 Å². The van der Waals surface area contributed by atoms with Gasteiger partial charge in [0.05, 0.1) is 26.6 Å². The fraction of sp³-hybridized carbons (Fsp3) is 0.150. The van der Waals surface area contributed by atoms with Gasteiger partial charge >= 0.3 is 0 Å². The zero-order valence-corrected chi connectivity index (χ0v) is 15.1. The molecule has 1 amide bonds. The van der Waals surface area contributed by atoms with E-state index in [0.29, 0.717) is 29.5 Å². The summed E-state index contributed by atoms with van der Waals surface area (Å²) in [6.45, 7) is 0.632. The van der Waals surface area contributed by atoms with Gasteiger partial charge in [0.2, 0.25) is 0 Å². The maximum absolute atomic E-state index is 12.4. The van der Waals surface area contributed by atoms with E-state index in [-0.39, 0.29) is 11.6 Å². The number of hydrogen-bond acceptors (Lipinski definition) is 6. The average Bonchev–Trinajstić information content (AvgIpc) is 2.73. The zero-order chi connectivity index (χ0) is 19.1. The quantitative estimate of drug-likeness (QED) is 0.669.